The Balaban J connectivity index is 1.60. The van der Waals surface area contributed by atoms with Gasteiger partial charge in [0.15, 0.2) is 0 Å². The topological polar surface area (TPSA) is 98.6 Å². The van der Waals surface area contributed by atoms with Crippen LogP contribution >= 0.6 is 0 Å². The van der Waals surface area contributed by atoms with Crippen molar-refractivity contribution < 1.29 is 13.9 Å². The van der Waals surface area contributed by atoms with E-state index in [2.05, 4.69) is 15.1 Å². The van der Waals surface area contributed by atoms with Gasteiger partial charge in [0.1, 0.15) is 11.5 Å². The molecule has 1 atom stereocenters. The molecule has 1 aliphatic rings. The van der Waals surface area contributed by atoms with E-state index in [1.54, 1.807) is 40.2 Å². The summed E-state index contributed by atoms with van der Waals surface area (Å²) in [6, 6.07) is 11.7. The van der Waals surface area contributed by atoms with Crippen LogP contribution < -0.4 is 5.73 Å². The smallest absolute Gasteiger partial charge is 0.258 e. The van der Waals surface area contributed by atoms with Crippen LogP contribution in [-0.4, -0.2) is 57.5 Å². The van der Waals surface area contributed by atoms with Crippen molar-refractivity contribution in [1.82, 2.24) is 19.7 Å². The summed E-state index contributed by atoms with van der Waals surface area (Å²) < 4.78 is 22.1. The molecule has 2 aromatic heterocycles. The Labute approximate surface area is 203 Å². The molecule has 0 fully saturated rings. The molecule has 0 saturated carbocycles. The minimum absolute atomic E-state index is 0.222. The van der Waals surface area contributed by atoms with Gasteiger partial charge in [-0.1, -0.05) is 18.2 Å². The second-order valence-corrected chi connectivity index (χ2v) is 8.20. The highest BCUT2D eigenvalue weighted by Crippen LogP contribution is 2.31. The number of allylic oxidation sites excluding steroid dienone is 1. The minimum atomic E-state index is -0.422. The van der Waals surface area contributed by atoms with Gasteiger partial charge in [-0.05, 0) is 38.1 Å². The summed E-state index contributed by atoms with van der Waals surface area (Å²) in [5, 5.41) is 4.60. The van der Waals surface area contributed by atoms with E-state index in [1.165, 1.54) is 12.3 Å². The molecule has 0 aliphatic carbocycles. The van der Waals surface area contributed by atoms with Crippen LogP contribution in [-0.2, 0) is 17.9 Å². The van der Waals surface area contributed by atoms with Gasteiger partial charge in [-0.15, -0.1) is 0 Å². The summed E-state index contributed by atoms with van der Waals surface area (Å²) in [5.41, 5.74) is 8.85. The first-order chi connectivity index (χ1) is 17.0. The van der Waals surface area contributed by atoms with Crippen LogP contribution in [0, 0.1) is 5.82 Å². The van der Waals surface area contributed by atoms with Crippen LogP contribution in [0.15, 0.2) is 59.9 Å². The molecule has 1 aromatic carbocycles. The first kappa shape index (κ1) is 24.3. The summed E-state index contributed by atoms with van der Waals surface area (Å²) in [4.78, 5) is 24.4. The van der Waals surface area contributed by atoms with E-state index in [1.807, 2.05) is 32.0 Å². The zero-order valence-corrected chi connectivity index (χ0v) is 19.9. The number of aliphatic imine (C=N–C) groups is 1. The molecule has 1 amide bonds. The Morgan fingerprint density at radius 1 is 1.31 bits per heavy atom. The van der Waals surface area contributed by atoms with Gasteiger partial charge in [0, 0.05) is 42.3 Å². The fourth-order valence-electron chi connectivity index (χ4n) is 4.14. The van der Waals surface area contributed by atoms with Gasteiger partial charge in [0.25, 0.3) is 5.91 Å². The number of carbonyl (C=O) groups excluding carboxylic acids is 1. The molecule has 3 aromatic rings. The summed E-state index contributed by atoms with van der Waals surface area (Å²) in [7, 11) is 0. The number of benzene rings is 1. The summed E-state index contributed by atoms with van der Waals surface area (Å²) >= 11 is 0. The molecule has 8 nitrogen and oxygen atoms in total. The van der Waals surface area contributed by atoms with Crippen LogP contribution in [0.25, 0.3) is 16.8 Å². The van der Waals surface area contributed by atoms with E-state index in [0.717, 1.165) is 5.69 Å². The Bertz CT molecular complexity index is 1240. The number of hydrogen-bond acceptors (Lipinski definition) is 6. The van der Waals surface area contributed by atoms with E-state index >= 15 is 0 Å². The highest BCUT2D eigenvalue weighted by Gasteiger charge is 2.31. The maximum atomic E-state index is 14.7. The number of aromatic nitrogens is 3. The average molecular weight is 477 g/mol. The molecule has 1 aliphatic heterocycles. The van der Waals surface area contributed by atoms with Crippen molar-refractivity contribution in [3.63, 3.8) is 0 Å². The van der Waals surface area contributed by atoms with Crippen LogP contribution in [0.5, 0.6) is 0 Å². The largest absolute Gasteiger partial charge is 0.404 e. The zero-order valence-electron chi connectivity index (χ0n) is 19.9. The lowest BCUT2D eigenvalue weighted by atomic mass is 10.0. The SMILES string of the molecule is CCN(C(=O)c1c(-c2ccccc2F)nn2c1COCC2)[C@@H](C)CN=C/C(=C\N)c1ccccn1. The molecular weight excluding hydrogens is 447 g/mol. The molecule has 0 bridgehead atoms. The number of amides is 1. The molecule has 182 valence electrons. The van der Waals surface area contributed by atoms with Gasteiger partial charge < -0.3 is 15.4 Å². The van der Waals surface area contributed by atoms with Crippen molar-refractivity contribution >= 4 is 17.7 Å². The number of ether oxygens (including phenoxy) is 1. The second-order valence-electron chi connectivity index (χ2n) is 8.20. The van der Waals surface area contributed by atoms with Crippen LogP contribution in [0.1, 0.15) is 35.6 Å². The molecule has 9 heteroatoms. The first-order valence-corrected chi connectivity index (χ1v) is 11.6. The lowest BCUT2D eigenvalue weighted by molar-refractivity contribution is 0.0666. The summed E-state index contributed by atoms with van der Waals surface area (Å²) in [6.07, 6.45) is 4.81. The van der Waals surface area contributed by atoms with Gasteiger partial charge in [-0.25, -0.2) is 4.39 Å². The van der Waals surface area contributed by atoms with Crippen molar-refractivity contribution in [3.8, 4) is 11.3 Å². The lowest BCUT2D eigenvalue weighted by Gasteiger charge is -2.28. The predicted molar refractivity (Wildman–Crippen MR) is 133 cm³/mol. The Morgan fingerprint density at radius 3 is 2.83 bits per heavy atom. The van der Waals surface area contributed by atoms with Crippen LogP contribution in [0.3, 0.4) is 0 Å². The molecule has 0 radical (unpaired) electrons. The quantitative estimate of drug-likeness (QED) is 0.502. The number of nitrogens with zero attached hydrogens (tertiary/aromatic N) is 5. The Hall–Kier alpha value is -3.85. The van der Waals surface area contributed by atoms with Crippen molar-refractivity contribution in [2.45, 2.75) is 33.0 Å². The second kappa shape index (κ2) is 11.1. The Kier molecular flexibility index (Phi) is 7.67. The van der Waals surface area contributed by atoms with Crippen LogP contribution in [0.4, 0.5) is 4.39 Å². The van der Waals surface area contributed by atoms with E-state index in [9.17, 15) is 9.18 Å². The van der Waals surface area contributed by atoms with Crippen molar-refractivity contribution in [2.75, 3.05) is 19.7 Å². The number of hydrogen-bond donors (Lipinski definition) is 1. The van der Waals surface area contributed by atoms with Crippen molar-refractivity contribution in [2.24, 2.45) is 10.7 Å². The normalized spacial score (nSPS) is 14.7. The van der Waals surface area contributed by atoms with Gasteiger partial charge in [-0.2, -0.15) is 5.10 Å². The minimum Gasteiger partial charge on any atom is -0.404 e. The van der Waals surface area contributed by atoms with Gasteiger partial charge in [0.05, 0.1) is 43.3 Å². The summed E-state index contributed by atoms with van der Waals surface area (Å²) in [6.45, 7) is 5.91. The van der Waals surface area contributed by atoms with Crippen molar-refractivity contribution in [3.05, 3.63) is 77.6 Å². The number of pyridine rings is 1. The number of nitrogens with two attached hydrogens (primary N) is 1. The fraction of sp³-hybridized carbons (Fsp3) is 0.308. The average Bonchev–Trinajstić information content (AvgIpc) is 3.27. The van der Waals surface area contributed by atoms with Gasteiger partial charge in [-0.3, -0.25) is 19.5 Å². The van der Waals surface area contributed by atoms with Gasteiger partial charge >= 0.3 is 0 Å². The lowest BCUT2D eigenvalue weighted by Crippen LogP contribution is -2.41. The van der Waals surface area contributed by atoms with Crippen molar-refractivity contribution in [1.29, 1.82) is 0 Å². The van der Waals surface area contributed by atoms with Gasteiger partial charge in [0.2, 0.25) is 0 Å². The molecule has 2 N–H and O–H groups in total. The standard InChI is InChI=1S/C26H29FN6O2/c1-3-32(18(2)15-29-16-19(14-28)22-10-6-7-11-30-22)26(34)24-23-17-35-13-12-33(23)31-25(24)20-8-4-5-9-21(20)27/h4-11,14,16,18H,3,12-13,15,17,28H2,1-2H3/b19-14+,29-16?/t18-/m0/s1. The number of fused-ring (bicyclic) bond motifs is 1. The molecule has 4 rings (SSSR count). The number of likely N-dealkylation sites (N-methyl/N-ethyl adjacent to an activating group) is 1. The van der Waals surface area contributed by atoms with E-state index in [0.29, 0.717) is 54.3 Å². The monoisotopic (exact) mass is 476 g/mol. The number of halogens is 1. The zero-order chi connectivity index (χ0) is 24.8. The third-order valence-corrected chi connectivity index (χ3v) is 5.96. The highest BCUT2D eigenvalue weighted by atomic mass is 19.1. The molecular formula is C26H29FN6O2. The van der Waals surface area contributed by atoms with Crippen LogP contribution in [0.2, 0.25) is 0 Å². The third kappa shape index (κ3) is 5.14. The maximum Gasteiger partial charge on any atom is 0.258 e. The number of rotatable bonds is 8. The highest BCUT2D eigenvalue weighted by molar-refractivity contribution is 6.08. The first-order valence-electron chi connectivity index (χ1n) is 11.6. The van der Waals surface area contributed by atoms with E-state index < -0.39 is 5.82 Å². The molecule has 3 heterocycles. The molecule has 0 spiro atoms. The van der Waals surface area contributed by atoms with E-state index in [-0.39, 0.29) is 18.6 Å². The summed E-state index contributed by atoms with van der Waals surface area (Å²) in [5.74, 6) is -0.645. The molecule has 0 unspecified atom stereocenters. The third-order valence-electron chi connectivity index (χ3n) is 5.96. The molecule has 35 heavy (non-hydrogen) atoms. The molecule has 0 saturated heterocycles. The van der Waals surface area contributed by atoms with E-state index in [4.69, 9.17) is 10.5 Å². The predicted octanol–water partition coefficient (Wildman–Crippen LogP) is 3.54. The fourth-order valence-corrected chi connectivity index (χ4v) is 4.14. The Morgan fingerprint density at radius 2 is 2.11 bits per heavy atom. The maximum absolute atomic E-state index is 14.7. The number of carbonyl (C=O) groups is 1.